The highest BCUT2D eigenvalue weighted by molar-refractivity contribution is 6.30. The van der Waals surface area contributed by atoms with Crippen LogP contribution in [0.4, 0.5) is 0 Å². The lowest BCUT2D eigenvalue weighted by Gasteiger charge is -2.45. The molecule has 1 unspecified atom stereocenters. The Hall–Kier alpha value is -2.37. The van der Waals surface area contributed by atoms with Crippen LogP contribution in [0.25, 0.3) is 0 Å². The Kier molecular flexibility index (Phi) is 9.54. The zero-order chi connectivity index (χ0) is 24.6. The number of hydrogen-bond donors (Lipinski definition) is 2. The average Bonchev–Trinajstić information content (AvgIpc) is 2.84. The van der Waals surface area contributed by atoms with Crippen LogP contribution < -0.4 is 10.6 Å². The quantitative estimate of drug-likeness (QED) is 0.482. The third kappa shape index (κ3) is 7.31. The standard InChI is InChI=1S/C28H38ClN3O2/c1-4-25(22-8-6-5-7-9-22)31-27(34)15-14-26(33)30-24-16-18-28(19-17-24,32(2)3)20-21-10-12-23(29)13-11-21/h5-13,24-25H,4,14-20H2,1-3H3,(H,30,33)(H,31,34). The lowest BCUT2D eigenvalue weighted by molar-refractivity contribution is -0.127. The molecule has 1 fully saturated rings. The monoisotopic (exact) mass is 483 g/mol. The van der Waals surface area contributed by atoms with Crippen LogP contribution in [0.1, 0.15) is 69.0 Å². The Morgan fingerprint density at radius 1 is 1.00 bits per heavy atom. The third-order valence-electron chi connectivity index (χ3n) is 7.20. The second kappa shape index (κ2) is 12.4. The van der Waals surface area contributed by atoms with E-state index in [0.717, 1.165) is 49.1 Å². The number of amides is 2. The SMILES string of the molecule is CCC(NC(=O)CCC(=O)NC1CCC(Cc2ccc(Cl)cc2)(N(C)C)CC1)c1ccccc1. The summed E-state index contributed by atoms with van der Waals surface area (Å²) in [7, 11) is 4.29. The number of halogens is 1. The molecule has 6 heteroatoms. The zero-order valence-corrected chi connectivity index (χ0v) is 21.4. The van der Waals surface area contributed by atoms with Crippen molar-refractivity contribution < 1.29 is 9.59 Å². The van der Waals surface area contributed by atoms with Crippen LogP contribution in [-0.2, 0) is 16.0 Å². The van der Waals surface area contributed by atoms with Gasteiger partial charge in [0.05, 0.1) is 6.04 Å². The van der Waals surface area contributed by atoms with Gasteiger partial charge in [0.2, 0.25) is 11.8 Å². The predicted molar refractivity (Wildman–Crippen MR) is 139 cm³/mol. The van der Waals surface area contributed by atoms with Crippen molar-refractivity contribution in [1.29, 1.82) is 0 Å². The Morgan fingerprint density at radius 2 is 1.62 bits per heavy atom. The number of benzene rings is 2. The van der Waals surface area contributed by atoms with E-state index in [9.17, 15) is 9.59 Å². The van der Waals surface area contributed by atoms with Crippen molar-refractivity contribution in [3.8, 4) is 0 Å². The Labute approximate surface area is 209 Å². The lowest BCUT2D eigenvalue weighted by atomic mass is 9.75. The van der Waals surface area contributed by atoms with E-state index >= 15 is 0 Å². The topological polar surface area (TPSA) is 61.4 Å². The van der Waals surface area contributed by atoms with Gasteiger partial charge in [-0.15, -0.1) is 0 Å². The van der Waals surface area contributed by atoms with E-state index in [-0.39, 0.29) is 42.3 Å². The fraction of sp³-hybridized carbons (Fsp3) is 0.500. The van der Waals surface area contributed by atoms with Crippen molar-refractivity contribution in [3.05, 3.63) is 70.7 Å². The van der Waals surface area contributed by atoms with Crippen molar-refractivity contribution in [2.24, 2.45) is 0 Å². The highest BCUT2D eigenvalue weighted by Gasteiger charge is 2.37. The zero-order valence-electron chi connectivity index (χ0n) is 20.6. The fourth-order valence-corrected chi connectivity index (χ4v) is 5.09. The number of rotatable bonds is 10. The van der Waals surface area contributed by atoms with E-state index in [2.05, 4.69) is 48.7 Å². The Morgan fingerprint density at radius 3 is 2.21 bits per heavy atom. The summed E-state index contributed by atoms with van der Waals surface area (Å²) in [6.07, 6.45) is 6.13. The Balaban J connectivity index is 1.44. The molecule has 0 radical (unpaired) electrons. The molecular weight excluding hydrogens is 446 g/mol. The van der Waals surface area contributed by atoms with Gasteiger partial charge in [0.15, 0.2) is 0 Å². The number of nitrogens with zero attached hydrogens (tertiary/aromatic N) is 1. The summed E-state index contributed by atoms with van der Waals surface area (Å²) in [6.45, 7) is 2.05. The maximum Gasteiger partial charge on any atom is 0.220 e. The summed E-state index contributed by atoms with van der Waals surface area (Å²) in [6, 6.07) is 18.2. The van der Waals surface area contributed by atoms with Crippen molar-refractivity contribution in [3.63, 3.8) is 0 Å². The van der Waals surface area contributed by atoms with Crippen LogP contribution in [0.5, 0.6) is 0 Å². The summed E-state index contributed by atoms with van der Waals surface area (Å²) >= 11 is 6.05. The minimum atomic E-state index is -0.0795. The van der Waals surface area contributed by atoms with Crippen molar-refractivity contribution in [2.75, 3.05) is 14.1 Å². The highest BCUT2D eigenvalue weighted by atomic mass is 35.5. The Bertz CT molecular complexity index is 922. The molecule has 34 heavy (non-hydrogen) atoms. The molecule has 2 N–H and O–H groups in total. The molecule has 1 aliphatic carbocycles. The second-order valence-electron chi connectivity index (χ2n) is 9.70. The minimum Gasteiger partial charge on any atom is -0.353 e. The van der Waals surface area contributed by atoms with Crippen LogP contribution in [-0.4, -0.2) is 42.4 Å². The summed E-state index contributed by atoms with van der Waals surface area (Å²) < 4.78 is 0. The number of carbonyl (C=O) groups excluding carboxylic acids is 2. The summed E-state index contributed by atoms with van der Waals surface area (Å²) in [5, 5.41) is 6.98. The third-order valence-corrected chi connectivity index (χ3v) is 7.45. The first-order valence-electron chi connectivity index (χ1n) is 12.4. The number of hydrogen-bond acceptors (Lipinski definition) is 3. The normalized spacial score (nSPS) is 21.1. The van der Waals surface area contributed by atoms with E-state index in [1.807, 2.05) is 42.5 Å². The molecule has 2 aromatic rings. The lowest BCUT2D eigenvalue weighted by Crippen LogP contribution is -2.52. The van der Waals surface area contributed by atoms with Gasteiger partial charge in [0.1, 0.15) is 0 Å². The molecule has 0 heterocycles. The largest absolute Gasteiger partial charge is 0.353 e. The van der Waals surface area contributed by atoms with Crippen LogP contribution in [0.15, 0.2) is 54.6 Å². The van der Waals surface area contributed by atoms with Gasteiger partial charge in [-0.25, -0.2) is 0 Å². The molecule has 184 valence electrons. The molecule has 5 nitrogen and oxygen atoms in total. The summed E-state index contributed by atoms with van der Waals surface area (Å²) in [5.74, 6) is -0.118. The summed E-state index contributed by atoms with van der Waals surface area (Å²) in [5.41, 5.74) is 2.46. The van der Waals surface area contributed by atoms with Crippen LogP contribution in [0, 0.1) is 0 Å². The van der Waals surface area contributed by atoms with E-state index in [1.165, 1.54) is 5.56 Å². The van der Waals surface area contributed by atoms with Crippen molar-refractivity contribution >= 4 is 23.4 Å². The van der Waals surface area contributed by atoms with Crippen molar-refractivity contribution in [2.45, 2.75) is 75.9 Å². The van der Waals surface area contributed by atoms with Gasteiger partial charge in [-0.2, -0.15) is 0 Å². The smallest absolute Gasteiger partial charge is 0.220 e. The second-order valence-corrected chi connectivity index (χ2v) is 10.1. The van der Waals surface area contributed by atoms with Gasteiger partial charge in [0, 0.05) is 29.4 Å². The molecular formula is C28H38ClN3O2. The first-order valence-corrected chi connectivity index (χ1v) is 12.7. The average molecular weight is 484 g/mol. The number of nitrogens with one attached hydrogen (secondary N) is 2. The van der Waals surface area contributed by atoms with Crippen LogP contribution >= 0.6 is 11.6 Å². The predicted octanol–water partition coefficient (Wildman–Crippen LogP) is 5.29. The number of carbonyl (C=O) groups is 2. The van der Waals surface area contributed by atoms with Crippen molar-refractivity contribution in [1.82, 2.24) is 15.5 Å². The highest BCUT2D eigenvalue weighted by Crippen LogP contribution is 2.35. The molecule has 0 spiro atoms. The van der Waals surface area contributed by atoms with E-state index in [4.69, 9.17) is 11.6 Å². The number of likely N-dealkylation sites (N-methyl/N-ethyl adjacent to an activating group) is 1. The molecule has 1 atom stereocenters. The molecule has 2 aromatic carbocycles. The molecule has 0 aliphatic heterocycles. The summed E-state index contributed by atoms with van der Waals surface area (Å²) in [4.78, 5) is 27.3. The molecule has 0 aromatic heterocycles. The van der Waals surface area contributed by atoms with Gasteiger partial charge in [-0.05, 0) is 75.9 Å². The van der Waals surface area contributed by atoms with Gasteiger partial charge in [-0.1, -0.05) is 61.0 Å². The first kappa shape index (κ1) is 26.2. The first-order chi connectivity index (χ1) is 16.3. The van der Waals surface area contributed by atoms with Crippen LogP contribution in [0.3, 0.4) is 0 Å². The molecule has 0 saturated heterocycles. The van der Waals surface area contributed by atoms with Gasteiger partial charge < -0.3 is 15.5 Å². The van der Waals surface area contributed by atoms with E-state index in [0.29, 0.717) is 0 Å². The fourth-order valence-electron chi connectivity index (χ4n) is 4.96. The molecule has 2 amide bonds. The minimum absolute atomic E-state index is 0.0186. The molecule has 1 saturated carbocycles. The maximum absolute atomic E-state index is 12.5. The molecule has 0 bridgehead atoms. The maximum atomic E-state index is 12.5. The van der Waals surface area contributed by atoms with Gasteiger partial charge in [0.25, 0.3) is 0 Å². The van der Waals surface area contributed by atoms with Gasteiger partial charge in [-0.3, -0.25) is 9.59 Å². The van der Waals surface area contributed by atoms with Crippen LogP contribution in [0.2, 0.25) is 5.02 Å². The van der Waals surface area contributed by atoms with Gasteiger partial charge >= 0.3 is 0 Å². The molecule has 3 rings (SSSR count). The van der Waals surface area contributed by atoms with E-state index < -0.39 is 0 Å². The van der Waals surface area contributed by atoms with E-state index in [1.54, 1.807) is 0 Å². The molecule has 1 aliphatic rings.